The molecule has 0 radical (unpaired) electrons. The standard InChI is InChI=1S/C14H18ClNO2S/c1-2-19-11-5-4-10(8-11)16-14(18)12-6-3-9(15)7-13(12)17/h3,6-7,10-11,17H,2,4-5,8H2,1H3,(H,16,18). The maximum absolute atomic E-state index is 12.1. The summed E-state index contributed by atoms with van der Waals surface area (Å²) in [6.45, 7) is 2.16. The molecule has 1 fully saturated rings. The summed E-state index contributed by atoms with van der Waals surface area (Å²) in [7, 11) is 0. The van der Waals surface area contributed by atoms with Gasteiger partial charge >= 0.3 is 0 Å². The average molecular weight is 300 g/mol. The number of hydrogen-bond donors (Lipinski definition) is 2. The molecular formula is C14H18ClNO2S. The largest absolute Gasteiger partial charge is 0.507 e. The minimum atomic E-state index is -0.221. The molecule has 0 spiro atoms. The van der Waals surface area contributed by atoms with Crippen molar-refractivity contribution in [3.05, 3.63) is 28.8 Å². The quantitative estimate of drug-likeness (QED) is 0.895. The van der Waals surface area contributed by atoms with Crippen LogP contribution in [0.5, 0.6) is 5.75 Å². The Bertz CT molecular complexity index is 467. The predicted octanol–water partition coefficient (Wildman–Crippen LogP) is 3.45. The molecule has 0 heterocycles. The fraction of sp³-hybridized carbons (Fsp3) is 0.500. The van der Waals surface area contributed by atoms with Gasteiger partial charge in [-0.05, 0) is 43.2 Å². The average Bonchev–Trinajstić information content (AvgIpc) is 2.76. The molecule has 1 amide bonds. The molecule has 0 saturated heterocycles. The molecule has 0 aromatic heterocycles. The molecule has 104 valence electrons. The maximum Gasteiger partial charge on any atom is 0.255 e. The van der Waals surface area contributed by atoms with Gasteiger partial charge in [-0.3, -0.25) is 4.79 Å². The van der Waals surface area contributed by atoms with Crippen molar-refractivity contribution < 1.29 is 9.90 Å². The van der Waals surface area contributed by atoms with Crippen LogP contribution in [-0.2, 0) is 0 Å². The Hall–Kier alpha value is -0.870. The van der Waals surface area contributed by atoms with Crippen LogP contribution < -0.4 is 5.32 Å². The number of carbonyl (C=O) groups excluding carboxylic acids is 1. The number of halogens is 1. The molecule has 0 aliphatic heterocycles. The number of aromatic hydroxyl groups is 1. The topological polar surface area (TPSA) is 49.3 Å². The lowest BCUT2D eigenvalue weighted by Crippen LogP contribution is -2.33. The highest BCUT2D eigenvalue weighted by Gasteiger charge is 2.26. The normalized spacial score (nSPS) is 22.4. The fourth-order valence-electron chi connectivity index (χ4n) is 2.42. The second-order valence-electron chi connectivity index (χ2n) is 4.72. The Labute approximate surface area is 122 Å². The molecule has 1 aliphatic carbocycles. The number of thioether (sulfide) groups is 1. The third-order valence-corrected chi connectivity index (χ3v) is 4.79. The maximum atomic E-state index is 12.1. The number of hydrogen-bond acceptors (Lipinski definition) is 3. The van der Waals surface area contributed by atoms with E-state index in [4.69, 9.17) is 11.6 Å². The molecule has 19 heavy (non-hydrogen) atoms. The molecule has 2 atom stereocenters. The first-order chi connectivity index (χ1) is 9.10. The number of carbonyl (C=O) groups is 1. The highest BCUT2D eigenvalue weighted by molar-refractivity contribution is 7.99. The van der Waals surface area contributed by atoms with Gasteiger partial charge in [0.1, 0.15) is 5.75 Å². The van der Waals surface area contributed by atoms with Crippen molar-refractivity contribution in [2.24, 2.45) is 0 Å². The zero-order valence-corrected chi connectivity index (χ0v) is 12.4. The highest BCUT2D eigenvalue weighted by atomic mass is 35.5. The van der Waals surface area contributed by atoms with Gasteiger partial charge in [-0.1, -0.05) is 18.5 Å². The first kappa shape index (κ1) is 14.5. The van der Waals surface area contributed by atoms with Gasteiger partial charge < -0.3 is 10.4 Å². The number of benzene rings is 1. The lowest BCUT2D eigenvalue weighted by molar-refractivity contribution is 0.0935. The van der Waals surface area contributed by atoms with E-state index in [1.54, 1.807) is 12.1 Å². The number of phenolic OH excluding ortho intramolecular Hbond substituents is 1. The zero-order valence-electron chi connectivity index (χ0n) is 10.9. The summed E-state index contributed by atoms with van der Waals surface area (Å²) in [6.07, 6.45) is 3.17. The number of rotatable bonds is 4. The predicted molar refractivity (Wildman–Crippen MR) is 80.1 cm³/mol. The Balaban J connectivity index is 1.94. The summed E-state index contributed by atoms with van der Waals surface area (Å²) in [5, 5.41) is 13.8. The third-order valence-electron chi connectivity index (χ3n) is 3.33. The minimum Gasteiger partial charge on any atom is -0.507 e. The Kier molecular flexibility index (Phi) is 4.99. The van der Waals surface area contributed by atoms with E-state index in [2.05, 4.69) is 12.2 Å². The number of phenols is 1. The van der Waals surface area contributed by atoms with Crippen molar-refractivity contribution in [1.29, 1.82) is 0 Å². The van der Waals surface area contributed by atoms with Crippen molar-refractivity contribution in [3.8, 4) is 5.75 Å². The third kappa shape index (κ3) is 3.80. The van der Waals surface area contributed by atoms with E-state index in [9.17, 15) is 9.90 Å². The van der Waals surface area contributed by atoms with E-state index in [0.29, 0.717) is 10.3 Å². The molecule has 2 rings (SSSR count). The van der Waals surface area contributed by atoms with Crippen LogP contribution in [0.15, 0.2) is 18.2 Å². The van der Waals surface area contributed by atoms with Crippen LogP contribution in [0.25, 0.3) is 0 Å². The van der Waals surface area contributed by atoms with Crippen LogP contribution in [0.3, 0.4) is 0 Å². The molecule has 5 heteroatoms. The van der Waals surface area contributed by atoms with E-state index in [-0.39, 0.29) is 23.3 Å². The molecule has 1 saturated carbocycles. The summed E-state index contributed by atoms with van der Waals surface area (Å²) in [6, 6.07) is 4.77. The lowest BCUT2D eigenvalue weighted by atomic mass is 10.1. The van der Waals surface area contributed by atoms with Gasteiger partial charge in [0.2, 0.25) is 0 Å². The monoisotopic (exact) mass is 299 g/mol. The van der Waals surface area contributed by atoms with Crippen molar-refractivity contribution in [1.82, 2.24) is 5.32 Å². The molecule has 1 aromatic rings. The van der Waals surface area contributed by atoms with E-state index < -0.39 is 0 Å². The summed E-state index contributed by atoms with van der Waals surface area (Å²) < 4.78 is 0. The summed E-state index contributed by atoms with van der Waals surface area (Å²) in [4.78, 5) is 12.1. The van der Waals surface area contributed by atoms with Crippen LogP contribution in [0.1, 0.15) is 36.5 Å². The first-order valence-corrected chi connectivity index (χ1v) is 7.93. The molecule has 2 N–H and O–H groups in total. The van der Waals surface area contributed by atoms with E-state index in [1.807, 2.05) is 11.8 Å². The Morgan fingerprint density at radius 1 is 1.53 bits per heavy atom. The van der Waals surface area contributed by atoms with Crippen molar-refractivity contribution in [2.45, 2.75) is 37.5 Å². The van der Waals surface area contributed by atoms with Crippen LogP contribution in [0, 0.1) is 0 Å². The second kappa shape index (κ2) is 6.53. The van der Waals surface area contributed by atoms with Gasteiger partial charge in [-0.25, -0.2) is 0 Å². The van der Waals surface area contributed by atoms with Crippen LogP contribution >= 0.6 is 23.4 Å². The first-order valence-electron chi connectivity index (χ1n) is 6.51. The van der Waals surface area contributed by atoms with Gasteiger partial charge in [-0.2, -0.15) is 11.8 Å². The van der Waals surface area contributed by atoms with Crippen molar-refractivity contribution in [3.63, 3.8) is 0 Å². The smallest absolute Gasteiger partial charge is 0.255 e. The second-order valence-corrected chi connectivity index (χ2v) is 6.74. The minimum absolute atomic E-state index is 0.0671. The molecule has 2 unspecified atom stereocenters. The number of nitrogens with one attached hydrogen (secondary N) is 1. The summed E-state index contributed by atoms with van der Waals surface area (Å²) >= 11 is 7.70. The molecule has 1 aromatic carbocycles. The molecule has 3 nitrogen and oxygen atoms in total. The Morgan fingerprint density at radius 2 is 2.32 bits per heavy atom. The van der Waals surface area contributed by atoms with E-state index in [0.717, 1.165) is 25.0 Å². The van der Waals surface area contributed by atoms with E-state index >= 15 is 0 Å². The SMILES string of the molecule is CCSC1CCC(NC(=O)c2ccc(Cl)cc2O)C1. The van der Waals surface area contributed by atoms with E-state index in [1.165, 1.54) is 6.07 Å². The van der Waals surface area contributed by atoms with Crippen LogP contribution in [-0.4, -0.2) is 28.1 Å². The lowest BCUT2D eigenvalue weighted by Gasteiger charge is -2.13. The van der Waals surface area contributed by atoms with Gasteiger partial charge in [0.25, 0.3) is 5.91 Å². The van der Waals surface area contributed by atoms with Crippen molar-refractivity contribution >= 4 is 29.3 Å². The Morgan fingerprint density at radius 3 is 3.00 bits per heavy atom. The van der Waals surface area contributed by atoms with Gasteiger partial charge in [-0.15, -0.1) is 0 Å². The molecule has 1 aliphatic rings. The fourth-order valence-corrected chi connectivity index (χ4v) is 3.73. The zero-order chi connectivity index (χ0) is 13.8. The summed E-state index contributed by atoms with van der Waals surface area (Å²) in [5.74, 6) is 0.826. The van der Waals surface area contributed by atoms with Crippen LogP contribution in [0.4, 0.5) is 0 Å². The highest BCUT2D eigenvalue weighted by Crippen LogP contribution is 2.30. The number of amides is 1. The van der Waals surface area contributed by atoms with Gasteiger partial charge in [0.05, 0.1) is 5.56 Å². The van der Waals surface area contributed by atoms with Crippen LogP contribution in [0.2, 0.25) is 5.02 Å². The van der Waals surface area contributed by atoms with Gasteiger partial charge in [0, 0.05) is 16.3 Å². The molecular weight excluding hydrogens is 282 g/mol. The van der Waals surface area contributed by atoms with Crippen molar-refractivity contribution in [2.75, 3.05) is 5.75 Å². The van der Waals surface area contributed by atoms with Gasteiger partial charge in [0.15, 0.2) is 0 Å². The molecule has 0 bridgehead atoms. The summed E-state index contributed by atoms with van der Waals surface area (Å²) in [5.41, 5.74) is 0.288.